The topological polar surface area (TPSA) is 9.23 Å². The molecular weight excluding hydrogens is 232 g/mol. The minimum absolute atomic E-state index is 0.642. The lowest BCUT2D eigenvalue weighted by Crippen LogP contribution is -1.96. The second-order valence-electron chi connectivity index (χ2n) is 5.32. The van der Waals surface area contributed by atoms with Gasteiger partial charge >= 0.3 is 0 Å². The maximum Gasteiger partial charge on any atom is 0.119 e. The Morgan fingerprint density at radius 3 is 2.21 bits per heavy atom. The van der Waals surface area contributed by atoms with E-state index < -0.39 is 0 Å². The van der Waals surface area contributed by atoms with Crippen molar-refractivity contribution in [3.05, 3.63) is 65.7 Å². The number of benzene rings is 2. The normalized spacial score (nSPS) is 15.6. The summed E-state index contributed by atoms with van der Waals surface area (Å²) < 4.78 is 5.81. The molecule has 1 heteroatoms. The van der Waals surface area contributed by atoms with Crippen molar-refractivity contribution in [2.75, 3.05) is 0 Å². The molecular formula is C18H20O. The molecule has 0 atom stereocenters. The van der Waals surface area contributed by atoms with Crippen molar-refractivity contribution >= 4 is 0 Å². The summed E-state index contributed by atoms with van der Waals surface area (Å²) >= 11 is 0. The minimum atomic E-state index is 0.642. The third-order valence-corrected chi connectivity index (χ3v) is 3.96. The summed E-state index contributed by atoms with van der Waals surface area (Å²) in [5.74, 6) is 1.74. The van der Waals surface area contributed by atoms with Crippen molar-refractivity contribution in [2.24, 2.45) is 0 Å². The van der Waals surface area contributed by atoms with Crippen molar-refractivity contribution in [1.82, 2.24) is 0 Å². The molecule has 98 valence electrons. The van der Waals surface area contributed by atoms with Crippen LogP contribution in [-0.2, 0) is 6.61 Å². The summed E-state index contributed by atoms with van der Waals surface area (Å²) in [6, 6.07) is 19.0. The van der Waals surface area contributed by atoms with Gasteiger partial charge < -0.3 is 4.74 Å². The van der Waals surface area contributed by atoms with Crippen LogP contribution in [0.25, 0.3) is 0 Å². The molecule has 1 saturated carbocycles. The Hall–Kier alpha value is -1.76. The molecule has 3 rings (SSSR count). The molecule has 0 spiro atoms. The molecule has 0 unspecified atom stereocenters. The third-order valence-electron chi connectivity index (χ3n) is 3.96. The second-order valence-corrected chi connectivity index (χ2v) is 5.32. The van der Waals surface area contributed by atoms with Crippen LogP contribution in [0.3, 0.4) is 0 Å². The number of hydrogen-bond acceptors (Lipinski definition) is 1. The molecule has 0 bridgehead atoms. The standard InChI is InChI=1S/C18H20O/c1-2-6-15(7-3-1)14-19-18-12-10-17(11-13-18)16-8-4-5-9-16/h1-3,6-7,10-13,16H,4-5,8-9,14H2. The molecule has 0 saturated heterocycles. The van der Waals surface area contributed by atoms with Crippen molar-refractivity contribution in [2.45, 2.75) is 38.2 Å². The van der Waals surface area contributed by atoms with Gasteiger partial charge in [-0.05, 0) is 42.0 Å². The molecule has 0 amide bonds. The highest BCUT2D eigenvalue weighted by Gasteiger charge is 2.16. The van der Waals surface area contributed by atoms with Crippen LogP contribution in [0.4, 0.5) is 0 Å². The molecule has 19 heavy (non-hydrogen) atoms. The Morgan fingerprint density at radius 1 is 0.842 bits per heavy atom. The highest BCUT2D eigenvalue weighted by atomic mass is 16.5. The van der Waals surface area contributed by atoms with E-state index in [2.05, 4.69) is 36.4 Å². The first-order chi connectivity index (χ1) is 9.42. The molecule has 1 aliphatic carbocycles. The van der Waals surface area contributed by atoms with Crippen LogP contribution in [-0.4, -0.2) is 0 Å². The third kappa shape index (κ3) is 3.17. The van der Waals surface area contributed by atoms with E-state index in [0.29, 0.717) is 6.61 Å². The average Bonchev–Trinajstić information content (AvgIpc) is 3.01. The van der Waals surface area contributed by atoms with E-state index in [1.54, 1.807) is 0 Å². The lowest BCUT2D eigenvalue weighted by Gasteiger charge is -2.11. The Kier molecular flexibility index (Phi) is 3.83. The fourth-order valence-corrected chi connectivity index (χ4v) is 2.84. The van der Waals surface area contributed by atoms with Crippen molar-refractivity contribution in [3.63, 3.8) is 0 Å². The lowest BCUT2D eigenvalue weighted by atomic mass is 9.98. The lowest BCUT2D eigenvalue weighted by molar-refractivity contribution is 0.306. The summed E-state index contributed by atoms with van der Waals surface area (Å²) in [6.45, 7) is 0.642. The highest BCUT2D eigenvalue weighted by Crippen LogP contribution is 2.34. The fraction of sp³-hybridized carbons (Fsp3) is 0.333. The van der Waals surface area contributed by atoms with Gasteiger partial charge in [0.2, 0.25) is 0 Å². The van der Waals surface area contributed by atoms with Gasteiger partial charge in [-0.2, -0.15) is 0 Å². The van der Waals surface area contributed by atoms with Gasteiger partial charge in [-0.3, -0.25) is 0 Å². The molecule has 2 aromatic carbocycles. The Morgan fingerprint density at radius 2 is 1.53 bits per heavy atom. The van der Waals surface area contributed by atoms with Crippen LogP contribution in [0.15, 0.2) is 54.6 Å². The first-order valence-corrected chi connectivity index (χ1v) is 7.18. The van der Waals surface area contributed by atoms with Gasteiger partial charge in [0.25, 0.3) is 0 Å². The number of hydrogen-bond donors (Lipinski definition) is 0. The van der Waals surface area contributed by atoms with E-state index in [4.69, 9.17) is 4.74 Å². The molecule has 1 aliphatic rings. The van der Waals surface area contributed by atoms with Crippen LogP contribution in [0.2, 0.25) is 0 Å². The van der Waals surface area contributed by atoms with Crippen LogP contribution < -0.4 is 4.74 Å². The molecule has 1 nitrogen and oxygen atoms in total. The summed E-state index contributed by atoms with van der Waals surface area (Å²) in [6.07, 6.45) is 5.47. The highest BCUT2D eigenvalue weighted by molar-refractivity contribution is 5.30. The molecule has 2 aromatic rings. The van der Waals surface area contributed by atoms with Crippen LogP contribution in [0.1, 0.15) is 42.7 Å². The molecule has 0 aromatic heterocycles. The Balaban J connectivity index is 1.60. The SMILES string of the molecule is c1ccc(COc2ccc(C3CCCC3)cc2)cc1. The summed E-state index contributed by atoms with van der Waals surface area (Å²) in [7, 11) is 0. The van der Waals surface area contributed by atoms with E-state index in [0.717, 1.165) is 11.7 Å². The van der Waals surface area contributed by atoms with Gasteiger partial charge in [-0.15, -0.1) is 0 Å². The molecule has 0 N–H and O–H groups in total. The van der Waals surface area contributed by atoms with Crippen LogP contribution >= 0.6 is 0 Å². The van der Waals surface area contributed by atoms with Crippen molar-refractivity contribution in [3.8, 4) is 5.75 Å². The summed E-state index contributed by atoms with van der Waals surface area (Å²) in [5.41, 5.74) is 2.69. The zero-order chi connectivity index (χ0) is 12.9. The van der Waals surface area contributed by atoms with Crippen LogP contribution in [0.5, 0.6) is 5.75 Å². The summed E-state index contributed by atoms with van der Waals surface area (Å²) in [5, 5.41) is 0. The van der Waals surface area contributed by atoms with Gasteiger partial charge in [0, 0.05) is 0 Å². The smallest absolute Gasteiger partial charge is 0.119 e. The monoisotopic (exact) mass is 252 g/mol. The van der Waals surface area contributed by atoms with Gasteiger partial charge in [0.1, 0.15) is 12.4 Å². The minimum Gasteiger partial charge on any atom is -0.489 e. The number of rotatable bonds is 4. The molecule has 0 aliphatic heterocycles. The first-order valence-electron chi connectivity index (χ1n) is 7.18. The first kappa shape index (κ1) is 12.3. The fourth-order valence-electron chi connectivity index (χ4n) is 2.84. The predicted octanol–water partition coefficient (Wildman–Crippen LogP) is 4.92. The summed E-state index contributed by atoms with van der Waals surface area (Å²) in [4.78, 5) is 0. The van der Waals surface area contributed by atoms with Gasteiger partial charge in [0.15, 0.2) is 0 Å². The van der Waals surface area contributed by atoms with E-state index >= 15 is 0 Å². The quantitative estimate of drug-likeness (QED) is 0.750. The van der Waals surface area contributed by atoms with Gasteiger partial charge in [0.05, 0.1) is 0 Å². The number of ether oxygens (including phenoxy) is 1. The van der Waals surface area contributed by atoms with Gasteiger partial charge in [-0.25, -0.2) is 0 Å². The van der Waals surface area contributed by atoms with E-state index in [9.17, 15) is 0 Å². The van der Waals surface area contributed by atoms with Gasteiger partial charge in [-0.1, -0.05) is 55.3 Å². The largest absolute Gasteiger partial charge is 0.489 e. The van der Waals surface area contributed by atoms with E-state index in [1.807, 2.05) is 18.2 Å². The van der Waals surface area contributed by atoms with E-state index in [1.165, 1.54) is 36.8 Å². The van der Waals surface area contributed by atoms with Crippen LogP contribution in [0, 0.1) is 0 Å². The Labute approximate surface area is 115 Å². The molecule has 0 heterocycles. The second kappa shape index (κ2) is 5.92. The van der Waals surface area contributed by atoms with E-state index in [-0.39, 0.29) is 0 Å². The average molecular weight is 252 g/mol. The predicted molar refractivity (Wildman–Crippen MR) is 78.4 cm³/mol. The van der Waals surface area contributed by atoms with Crippen molar-refractivity contribution in [1.29, 1.82) is 0 Å². The maximum absolute atomic E-state index is 5.81. The molecule has 0 radical (unpaired) electrons. The molecule has 1 fully saturated rings. The zero-order valence-electron chi connectivity index (χ0n) is 11.2. The maximum atomic E-state index is 5.81. The Bertz CT molecular complexity index is 495. The zero-order valence-corrected chi connectivity index (χ0v) is 11.2. The van der Waals surface area contributed by atoms with Crippen molar-refractivity contribution < 1.29 is 4.74 Å².